The fourth-order valence-corrected chi connectivity index (χ4v) is 1.90. The van der Waals surface area contributed by atoms with Gasteiger partial charge in [0.25, 0.3) is 0 Å². The standard InChI is InChI=1S/C16H11F2NO2/c17-16(18)21-13-8-6-12(7-9-13)15(20)14(10-19)11-4-2-1-3-5-11/h1-9,14,16H. The van der Waals surface area contributed by atoms with Crippen molar-refractivity contribution in [3.05, 3.63) is 65.7 Å². The van der Waals surface area contributed by atoms with E-state index in [1.54, 1.807) is 30.3 Å². The van der Waals surface area contributed by atoms with Crippen LogP contribution >= 0.6 is 0 Å². The van der Waals surface area contributed by atoms with E-state index in [-0.39, 0.29) is 17.1 Å². The molecule has 0 radical (unpaired) electrons. The lowest BCUT2D eigenvalue weighted by molar-refractivity contribution is -0.0498. The van der Waals surface area contributed by atoms with Crippen molar-refractivity contribution in [2.75, 3.05) is 0 Å². The normalized spacial score (nSPS) is 11.7. The van der Waals surface area contributed by atoms with Crippen LogP contribution in [0.2, 0.25) is 0 Å². The van der Waals surface area contributed by atoms with Crippen LogP contribution in [0.15, 0.2) is 54.6 Å². The summed E-state index contributed by atoms with van der Waals surface area (Å²) in [6.45, 7) is -2.91. The second-order valence-corrected chi connectivity index (χ2v) is 4.24. The number of rotatable bonds is 5. The molecule has 1 atom stereocenters. The van der Waals surface area contributed by atoms with Crippen molar-refractivity contribution in [3.8, 4) is 11.8 Å². The van der Waals surface area contributed by atoms with Gasteiger partial charge in [0.2, 0.25) is 0 Å². The maximum absolute atomic E-state index is 12.3. The van der Waals surface area contributed by atoms with Crippen molar-refractivity contribution in [1.82, 2.24) is 0 Å². The minimum absolute atomic E-state index is 0.0326. The monoisotopic (exact) mass is 287 g/mol. The van der Waals surface area contributed by atoms with Crippen molar-refractivity contribution < 1.29 is 18.3 Å². The Kier molecular flexibility index (Phi) is 4.62. The first-order valence-electron chi connectivity index (χ1n) is 6.15. The van der Waals surface area contributed by atoms with Gasteiger partial charge in [-0.3, -0.25) is 4.79 Å². The van der Waals surface area contributed by atoms with Gasteiger partial charge in [-0.05, 0) is 29.8 Å². The minimum Gasteiger partial charge on any atom is -0.435 e. The van der Waals surface area contributed by atoms with Gasteiger partial charge in [-0.2, -0.15) is 14.0 Å². The molecule has 0 aliphatic rings. The van der Waals surface area contributed by atoms with Crippen LogP contribution in [0.1, 0.15) is 21.8 Å². The Labute approximate surface area is 120 Å². The fraction of sp³-hybridized carbons (Fsp3) is 0.125. The summed E-state index contributed by atoms with van der Waals surface area (Å²) in [4.78, 5) is 12.3. The molecule has 0 saturated heterocycles. The number of ketones is 1. The third kappa shape index (κ3) is 3.63. The van der Waals surface area contributed by atoms with Crippen LogP contribution in [0, 0.1) is 11.3 Å². The van der Waals surface area contributed by atoms with Crippen LogP contribution in [-0.4, -0.2) is 12.4 Å². The number of hydrogen-bond donors (Lipinski definition) is 0. The fourth-order valence-electron chi connectivity index (χ4n) is 1.90. The van der Waals surface area contributed by atoms with E-state index in [4.69, 9.17) is 0 Å². The number of ether oxygens (including phenoxy) is 1. The second-order valence-electron chi connectivity index (χ2n) is 4.24. The predicted molar refractivity (Wildman–Crippen MR) is 72.2 cm³/mol. The van der Waals surface area contributed by atoms with E-state index in [1.165, 1.54) is 24.3 Å². The number of hydrogen-bond acceptors (Lipinski definition) is 3. The SMILES string of the molecule is N#CC(C(=O)c1ccc(OC(F)F)cc1)c1ccccc1. The molecule has 2 rings (SSSR count). The molecule has 5 heteroatoms. The molecule has 0 bridgehead atoms. The van der Waals surface area contributed by atoms with Gasteiger partial charge in [0.15, 0.2) is 5.78 Å². The summed E-state index contributed by atoms with van der Waals surface area (Å²) in [5.74, 6) is -1.34. The van der Waals surface area contributed by atoms with Crippen molar-refractivity contribution in [2.45, 2.75) is 12.5 Å². The van der Waals surface area contributed by atoms with Gasteiger partial charge in [-0.1, -0.05) is 30.3 Å². The van der Waals surface area contributed by atoms with Crippen LogP contribution < -0.4 is 4.74 Å². The summed E-state index contributed by atoms with van der Waals surface area (Å²) in [5.41, 5.74) is 0.866. The number of benzene rings is 2. The van der Waals surface area contributed by atoms with Gasteiger partial charge in [-0.15, -0.1) is 0 Å². The number of carbonyl (C=O) groups is 1. The van der Waals surface area contributed by atoms with E-state index < -0.39 is 12.5 Å². The lowest BCUT2D eigenvalue weighted by Crippen LogP contribution is -2.11. The van der Waals surface area contributed by atoms with Crippen LogP contribution in [-0.2, 0) is 0 Å². The molecule has 0 saturated carbocycles. The zero-order chi connectivity index (χ0) is 15.2. The number of alkyl halides is 2. The summed E-state index contributed by atoms with van der Waals surface area (Å²) in [6, 6.07) is 15.9. The average molecular weight is 287 g/mol. The van der Waals surface area contributed by atoms with Gasteiger partial charge in [-0.25, -0.2) is 0 Å². The third-order valence-electron chi connectivity index (χ3n) is 2.89. The van der Waals surface area contributed by atoms with Gasteiger partial charge in [0.05, 0.1) is 6.07 Å². The molecular formula is C16H11F2NO2. The highest BCUT2D eigenvalue weighted by Crippen LogP contribution is 2.22. The maximum Gasteiger partial charge on any atom is 0.387 e. The molecule has 0 heterocycles. The third-order valence-corrected chi connectivity index (χ3v) is 2.89. The Balaban J connectivity index is 2.21. The van der Waals surface area contributed by atoms with Gasteiger partial charge in [0, 0.05) is 5.56 Å². The Morgan fingerprint density at radius 2 is 1.67 bits per heavy atom. The molecule has 0 aromatic heterocycles. The number of carbonyl (C=O) groups excluding carboxylic acids is 1. The maximum atomic E-state index is 12.3. The molecule has 0 aliphatic carbocycles. The van der Waals surface area contributed by atoms with Crippen molar-refractivity contribution in [2.24, 2.45) is 0 Å². The lowest BCUT2D eigenvalue weighted by atomic mass is 9.92. The highest BCUT2D eigenvalue weighted by Gasteiger charge is 2.21. The highest BCUT2D eigenvalue weighted by atomic mass is 19.3. The number of nitrogens with zero attached hydrogens (tertiary/aromatic N) is 1. The smallest absolute Gasteiger partial charge is 0.387 e. The zero-order valence-corrected chi connectivity index (χ0v) is 10.9. The molecular weight excluding hydrogens is 276 g/mol. The van der Waals surface area contributed by atoms with Crippen LogP contribution in [0.4, 0.5) is 8.78 Å². The quantitative estimate of drug-likeness (QED) is 0.786. The molecule has 2 aromatic carbocycles. The van der Waals surface area contributed by atoms with Gasteiger partial charge >= 0.3 is 6.61 Å². The topological polar surface area (TPSA) is 50.1 Å². The van der Waals surface area contributed by atoms with Gasteiger partial charge < -0.3 is 4.74 Å². The van der Waals surface area contributed by atoms with Gasteiger partial charge in [0.1, 0.15) is 11.7 Å². The minimum atomic E-state index is -2.91. The van der Waals surface area contributed by atoms with Crippen molar-refractivity contribution >= 4 is 5.78 Å². The predicted octanol–water partition coefficient (Wildman–Crippen LogP) is 3.78. The van der Waals surface area contributed by atoms with E-state index in [0.29, 0.717) is 5.56 Å². The van der Waals surface area contributed by atoms with E-state index >= 15 is 0 Å². The number of halogens is 2. The Hall–Kier alpha value is -2.74. The molecule has 21 heavy (non-hydrogen) atoms. The van der Waals surface area contributed by atoms with E-state index in [0.717, 1.165) is 0 Å². The van der Waals surface area contributed by atoms with Crippen molar-refractivity contribution in [1.29, 1.82) is 5.26 Å². The Morgan fingerprint density at radius 3 is 2.19 bits per heavy atom. The summed E-state index contributed by atoms with van der Waals surface area (Å²) in [5, 5.41) is 9.19. The number of Topliss-reactive ketones (excluding diaryl/α,β-unsaturated/α-hetero) is 1. The molecule has 106 valence electrons. The van der Waals surface area contributed by atoms with E-state index in [9.17, 15) is 18.8 Å². The molecule has 3 nitrogen and oxygen atoms in total. The summed E-state index contributed by atoms with van der Waals surface area (Å²) >= 11 is 0. The molecule has 0 fully saturated rings. The lowest BCUT2D eigenvalue weighted by Gasteiger charge is -2.09. The second kappa shape index (κ2) is 6.62. The number of nitriles is 1. The van der Waals surface area contributed by atoms with Crippen LogP contribution in [0.5, 0.6) is 5.75 Å². The highest BCUT2D eigenvalue weighted by molar-refractivity contribution is 6.02. The first-order chi connectivity index (χ1) is 10.1. The Bertz CT molecular complexity index is 648. The molecule has 1 unspecified atom stereocenters. The van der Waals surface area contributed by atoms with Crippen molar-refractivity contribution in [3.63, 3.8) is 0 Å². The molecule has 0 amide bonds. The van der Waals surface area contributed by atoms with E-state index in [2.05, 4.69) is 4.74 Å². The average Bonchev–Trinajstić information content (AvgIpc) is 2.49. The largest absolute Gasteiger partial charge is 0.435 e. The molecule has 0 spiro atoms. The molecule has 0 aliphatic heterocycles. The Morgan fingerprint density at radius 1 is 1.05 bits per heavy atom. The zero-order valence-electron chi connectivity index (χ0n) is 10.9. The molecule has 2 aromatic rings. The summed E-state index contributed by atoms with van der Waals surface area (Å²) in [6.07, 6.45) is 0. The van der Waals surface area contributed by atoms with Crippen LogP contribution in [0.3, 0.4) is 0 Å². The first-order valence-corrected chi connectivity index (χ1v) is 6.15. The summed E-state index contributed by atoms with van der Waals surface area (Å²) < 4.78 is 28.3. The van der Waals surface area contributed by atoms with Crippen LogP contribution in [0.25, 0.3) is 0 Å². The van der Waals surface area contributed by atoms with E-state index in [1.807, 2.05) is 6.07 Å². The summed E-state index contributed by atoms with van der Waals surface area (Å²) in [7, 11) is 0. The molecule has 0 N–H and O–H groups in total. The first kappa shape index (κ1) is 14.7.